The lowest BCUT2D eigenvalue weighted by Crippen LogP contribution is -2.28. The van der Waals surface area contributed by atoms with Gasteiger partial charge in [-0.3, -0.25) is 0 Å². The van der Waals surface area contributed by atoms with Gasteiger partial charge < -0.3 is 9.84 Å². The van der Waals surface area contributed by atoms with Gasteiger partial charge in [-0.15, -0.1) is 0 Å². The highest BCUT2D eigenvalue weighted by atomic mass is 16.5. The summed E-state index contributed by atoms with van der Waals surface area (Å²) in [5.74, 6) is 0.767. The van der Waals surface area contributed by atoms with E-state index in [0.717, 1.165) is 43.6 Å². The molecule has 0 spiro atoms. The fourth-order valence-corrected chi connectivity index (χ4v) is 2.69. The summed E-state index contributed by atoms with van der Waals surface area (Å²) in [6.07, 6.45) is 5.80. The number of allylic oxidation sites excluding steroid dienone is 1. The largest absolute Gasteiger partial charge is 0.495 e. The Balaban J connectivity index is 2.04. The fraction of sp³-hybridized carbons (Fsp3) is 0.429. The molecule has 16 heavy (non-hydrogen) atoms. The zero-order valence-corrected chi connectivity index (χ0v) is 9.28. The van der Waals surface area contributed by atoms with Crippen molar-refractivity contribution in [1.82, 2.24) is 0 Å². The second-order valence-corrected chi connectivity index (χ2v) is 4.58. The Bertz CT molecular complexity index is 436. The summed E-state index contributed by atoms with van der Waals surface area (Å²) < 4.78 is 5.63. The lowest BCUT2D eigenvalue weighted by Gasteiger charge is -2.29. The molecule has 1 aliphatic heterocycles. The normalized spacial score (nSPS) is 28.2. The van der Waals surface area contributed by atoms with Gasteiger partial charge in [0, 0.05) is 0 Å². The van der Waals surface area contributed by atoms with Crippen molar-refractivity contribution in [3.8, 4) is 0 Å². The summed E-state index contributed by atoms with van der Waals surface area (Å²) >= 11 is 0. The molecule has 0 aromatic heterocycles. The molecule has 2 aliphatic rings. The summed E-state index contributed by atoms with van der Waals surface area (Å²) in [6, 6.07) is 8.12. The van der Waals surface area contributed by atoms with Crippen molar-refractivity contribution >= 4 is 0 Å². The maximum Gasteiger partial charge on any atom is 0.147 e. The molecule has 1 aliphatic carbocycles. The van der Waals surface area contributed by atoms with E-state index < -0.39 is 5.60 Å². The lowest BCUT2D eigenvalue weighted by atomic mass is 9.92. The van der Waals surface area contributed by atoms with Crippen LogP contribution in [0.5, 0.6) is 0 Å². The number of fused-ring (bicyclic) bond motifs is 1. The van der Waals surface area contributed by atoms with Crippen LogP contribution in [-0.2, 0) is 16.8 Å². The van der Waals surface area contributed by atoms with Crippen LogP contribution in [0.2, 0.25) is 0 Å². The molecule has 1 heterocycles. The first-order chi connectivity index (χ1) is 7.81. The van der Waals surface area contributed by atoms with Crippen molar-refractivity contribution < 1.29 is 9.84 Å². The van der Waals surface area contributed by atoms with E-state index >= 15 is 0 Å². The SMILES string of the molecule is OC1(C2=CCCCO2)CCc2ccccc21. The molecule has 0 saturated heterocycles. The second kappa shape index (κ2) is 3.63. The van der Waals surface area contributed by atoms with E-state index in [1.807, 2.05) is 24.3 Å². The number of hydrogen-bond donors (Lipinski definition) is 1. The zero-order valence-electron chi connectivity index (χ0n) is 9.28. The van der Waals surface area contributed by atoms with Gasteiger partial charge in [-0.1, -0.05) is 24.3 Å². The van der Waals surface area contributed by atoms with Crippen LogP contribution in [0, 0.1) is 0 Å². The molecule has 1 unspecified atom stereocenters. The Labute approximate surface area is 95.6 Å². The first-order valence-electron chi connectivity index (χ1n) is 5.95. The Hall–Kier alpha value is -1.28. The molecule has 1 N–H and O–H groups in total. The monoisotopic (exact) mass is 216 g/mol. The first kappa shape index (κ1) is 9.91. The van der Waals surface area contributed by atoms with Crippen molar-refractivity contribution in [2.45, 2.75) is 31.3 Å². The molecule has 0 amide bonds. The third-order valence-corrected chi connectivity index (χ3v) is 3.56. The Morgan fingerprint density at radius 3 is 2.94 bits per heavy atom. The molecular weight excluding hydrogens is 200 g/mol. The summed E-state index contributed by atoms with van der Waals surface area (Å²) in [5.41, 5.74) is 1.42. The Morgan fingerprint density at radius 1 is 1.25 bits per heavy atom. The maximum absolute atomic E-state index is 10.8. The van der Waals surface area contributed by atoms with E-state index in [0.29, 0.717) is 0 Å². The van der Waals surface area contributed by atoms with Crippen LogP contribution in [0.1, 0.15) is 30.4 Å². The molecule has 1 atom stereocenters. The van der Waals surface area contributed by atoms with E-state index in [1.54, 1.807) is 0 Å². The highest BCUT2D eigenvalue weighted by Crippen LogP contribution is 2.43. The summed E-state index contributed by atoms with van der Waals surface area (Å²) in [7, 11) is 0. The van der Waals surface area contributed by atoms with Crippen LogP contribution in [0.4, 0.5) is 0 Å². The van der Waals surface area contributed by atoms with Crippen molar-refractivity contribution in [2.24, 2.45) is 0 Å². The quantitative estimate of drug-likeness (QED) is 0.781. The molecule has 0 saturated carbocycles. The van der Waals surface area contributed by atoms with Crippen molar-refractivity contribution in [3.05, 3.63) is 47.2 Å². The van der Waals surface area contributed by atoms with Crippen LogP contribution in [0.3, 0.4) is 0 Å². The third kappa shape index (κ3) is 1.37. The Kier molecular flexibility index (Phi) is 2.25. The van der Waals surface area contributed by atoms with Gasteiger partial charge in [0.2, 0.25) is 0 Å². The molecule has 3 rings (SSSR count). The number of aliphatic hydroxyl groups is 1. The summed E-state index contributed by atoms with van der Waals surface area (Å²) in [5, 5.41) is 10.8. The summed E-state index contributed by atoms with van der Waals surface area (Å²) in [4.78, 5) is 0. The van der Waals surface area contributed by atoms with Gasteiger partial charge in [0.1, 0.15) is 11.4 Å². The lowest BCUT2D eigenvalue weighted by molar-refractivity contribution is 0.00190. The van der Waals surface area contributed by atoms with Gasteiger partial charge >= 0.3 is 0 Å². The summed E-state index contributed by atoms with van der Waals surface area (Å²) in [6.45, 7) is 0.732. The van der Waals surface area contributed by atoms with E-state index in [2.05, 4.69) is 6.07 Å². The Morgan fingerprint density at radius 2 is 2.12 bits per heavy atom. The number of aryl methyl sites for hydroxylation is 1. The van der Waals surface area contributed by atoms with Crippen LogP contribution < -0.4 is 0 Å². The highest BCUT2D eigenvalue weighted by Gasteiger charge is 2.41. The standard InChI is InChI=1S/C14H16O2/c15-14(13-7-3-4-10-16-13)9-8-11-5-1-2-6-12(11)14/h1-2,5-7,15H,3-4,8-10H2. The van der Waals surface area contributed by atoms with Gasteiger partial charge in [-0.05, 0) is 42.9 Å². The number of benzene rings is 1. The molecule has 0 radical (unpaired) electrons. The molecule has 1 aromatic carbocycles. The second-order valence-electron chi connectivity index (χ2n) is 4.58. The predicted octanol–water partition coefficient (Wildman–Crippen LogP) is 2.51. The molecule has 2 heteroatoms. The van der Waals surface area contributed by atoms with Crippen LogP contribution in [0.25, 0.3) is 0 Å². The first-order valence-corrected chi connectivity index (χ1v) is 5.95. The highest BCUT2D eigenvalue weighted by molar-refractivity contribution is 5.42. The molecule has 1 aromatic rings. The predicted molar refractivity (Wildman–Crippen MR) is 61.9 cm³/mol. The minimum absolute atomic E-state index is 0.732. The molecule has 0 bridgehead atoms. The maximum atomic E-state index is 10.8. The molecule has 0 fully saturated rings. The molecular formula is C14H16O2. The van der Waals surface area contributed by atoms with Gasteiger partial charge in [-0.2, -0.15) is 0 Å². The molecule has 84 valence electrons. The van der Waals surface area contributed by atoms with E-state index in [4.69, 9.17) is 4.74 Å². The van der Waals surface area contributed by atoms with Crippen LogP contribution in [-0.4, -0.2) is 11.7 Å². The van der Waals surface area contributed by atoms with Crippen LogP contribution in [0.15, 0.2) is 36.1 Å². The van der Waals surface area contributed by atoms with E-state index in [9.17, 15) is 5.11 Å². The van der Waals surface area contributed by atoms with Gasteiger partial charge in [0.15, 0.2) is 0 Å². The average molecular weight is 216 g/mol. The van der Waals surface area contributed by atoms with E-state index in [1.165, 1.54) is 5.56 Å². The van der Waals surface area contributed by atoms with Crippen LogP contribution >= 0.6 is 0 Å². The van der Waals surface area contributed by atoms with Gasteiger partial charge in [-0.25, -0.2) is 0 Å². The minimum Gasteiger partial charge on any atom is -0.495 e. The topological polar surface area (TPSA) is 29.5 Å². The number of ether oxygens (including phenoxy) is 1. The van der Waals surface area contributed by atoms with E-state index in [-0.39, 0.29) is 0 Å². The minimum atomic E-state index is -0.864. The zero-order chi connectivity index (χ0) is 11.0. The smallest absolute Gasteiger partial charge is 0.147 e. The number of hydrogen-bond acceptors (Lipinski definition) is 2. The van der Waals surface area contributed by atoms with Crippen molar-refractivity contribution in [3.63, 3.8) is 0 Å². The van der Waals surface area contributed by atoms with Crippen molar-refractivity contribution in [1.29, 1.82) is 0 Å². The fourth-order valence-electron chi connectivity index (χ4n) is 2.69. The molecule has 2 nitrogen and oxygen atoms in total. The van der Waals surface area contributed by atoms with Crippen molar-refractivity contribution in [2.75, 3.05) is 6.61 Å². The third-order valence-electron chi connectivity index (χ3n) is 3.56. The average Bonchev–Trinajstić information content (AvgIpc) is 2.71. The van der Waals surface area contributed by atoms with Gasteiger partial charge in [0.05, 0.1) is 6.61 Å². The van der Waals surface area contributed by atoms with Gasteiger partial charge in [0.25, 0.3) is 0 Å². The number of rotatable bonds is 1.